The Bertz CT molecular complexity index is 1870. The lowest BCUT2D eigenvalue weighted by Crippen LogP contribution is -2.82. The number of hydrogen-bond donors (Lipinski definition) is 4. The Labute approximate surface area is 344 Å². The van der Waals surface area contributed by atoms with E-state index in [-0.39, 0.29) is 42.1 Å². The number of carbonyl (C=O) groups is 6. The highest BCUT2D eigenvalue weighted by molar-refractivity contribution is 5.95. The fourth-order valence-electron chi connectivity index (χ4n) is 9.63. The lowest BCUT2D eigenvalue weighted by atomic mass is 9.44. The number of ketones is 1. The summed E-state index contributed by atoms with van der Waals surface area (Å²) in [5.41, 5.74) is -8.45. The first-order valence-corrected chi connectivity index (χ1v) is 20.0. The standard InChI is InChI=1S/C43H59NO15/c1-21(2)17-26(44-38(52)59-39(6,7)8)31(48)37(51)56-27-19-43(53)35(57-36(50)25-15-13-12-14-16-25)33-41(11,28(47)18-29-42(33,20-54-29)58-24(5)46)34(49)32(55-23(4)45)30(22(27)3)40(43,9)10/h12-16,21,26-29,31-33,35,47-48,53H,17-20H2,1-11H3,(H,44,52)/t26-,27-,28-,29+,31+,32+,33?,35-,41+,42-,43+/m0/s1. The summed E-state index contributed by atoms with van der Waals surface area (Å²) in [7, 11) is 0. The minimum atomic E-state index is -2.37. The molecule has 3 aliphatic carbocycles. The average molecular weight is 830 g/mol. The van der Waals surface area contributed by atoms with Gasteiger partial charge in [-0.2, -0.15) is 0 Å². The van der Waals surface area contributed by atoms with Crippen LogP contribution in [0, 0.1) is 22.7 Å². The zero-order valence-corrected chi connectivity index (χ0v) is 35.7. The number of esters is 4. The molecule has 0 spiro atoms. The molecule has 1 unspecified atom stereocenters. The number of aliphatic hydroxyl groups is 3. The summed E-state index contributed by atoms with van der Waals surface area (Å²) >= 11 is 0. The third-order valence-corrected chi connectivity index (χ3v) is 12.5. The SMILES string of the molecule is CC(=O)O[C@H]1C(=O)[C@@]2(C)C([C@H](OC(=O)c3ccccc3)[C@]3(O)C[C@H](OC(=O)[C@H](O)[C@H](CC(C)C)NC(=O)OC(C)(C)C)C(C)=C1C3(C)C)[C@]1(OC(C)=O)CO[C@@H]1C[C@@H]2O. The van der Waals surface area contributed by atoms with Crippen molar-refractivity contribution in [1.29, 1.82) is 0 Å². The van der Waals surface area contributed by atoms with E-state index in [0.717, 1.165) is 13.8 Å². The molecule has 5 rings (SSSR count). The zero-order chi connectivity index (χ0) is 44.2. The third kappa shape index (κ3) is 8.25. The molecule has 0 radical (unpaired) electrons. The average Bonchev–Trinajstić information content (AvgIpc) is 3.11. The van der Waals surface area contributed by atoms with E-state index < -0.39 is 118 Å². The van der Waals surface area contributed by atoms with Gasteiger partial charge in [0.05, 0.1) is 35.6 Å². The number of benzene rings is 1. The zero-order valence-electron chi connectivity index (χ0n) is 35.7. The topological polar surface area (TPSA) is 231 Å². The van der Waals surface area contributed by atoms with Crippen LogP contribution in [-0.4, -0.2) is 117 Å². The number of Topliss-reactive ketones (excluding diaryl/α,β-unsaturated/α-hetero) is 1. The van der Waals surface area contributed by atoms with Gasteiger partial charge in [-0.15, -0.1) is 0 Å². The molecule has 1 aromatic carbocycles. The van der Waals surface area contributed by atoms with Crippen LogP contribution in [0.2, 0.25) is 0 Å². The quantitative estimate of drug-likeness (QED) is 0.150. The second-order valence-corrected chi connectivity index (χ2v) is 18.5. The Hall–Kier alpha value is -4.38. The first-order valence-electron chi connectivity index (χ1n) is 20.0. The molecular weight excluding hydrogens is 770 g/mol. The largest absolute Gasteiger partial charge is 0.456 e. The monoisotopic (exact) mass is 829 g/mol. The van der Waals surface area contributed by atoms with Gasteiger partial charge in [-0.3, -0.25) is 14.4 Å². The third-order valence-electron chi connectivity index (χ3n) is 12.5. The number of alkyl carbamates (subject to hydrolysis) is 1. The molecule has 3 fully saturated rings. The molecule has 59 heavy (non-hydrogen) atoms. The van der Waals surface area contributed by atoms with E-state index in [0.29, 0.717) is 0 Å². The van der Waals surface area contributed by atoms with Crippen molar-refractivity contribution in [3.63, 3.8) is 0 Å². The van der Waals surface area contributed by atoms with Gasteiger partial charge in [0, 0.05) is 32.1 Å². The lowest BCUT2D eigenvalue weighted by molar-refractivity contribution is -0.346. The second-order valence-electron chi connectivity index (χ2n) is 18.5. The summed E-state index contributed by atoms with van der Waals surface area (Å²) in [6.07, 6.45) is -11.1. The van der Waals surface area contributed by atoms with E-state index in [2.05, 4.69) is 5.32 Å². The predicted octanol–water partition coefficient (Wildman–Crippen LogP) is 3.50. The van der Waals surface area contributed by atoms with Gasteiger partial charge in [0.15, 0.2) is 23.6 Å². The number of fused-ring (bicyclic) bond motifs is 5. The first-order chi connectivity index (χ1) is 27.2. The van der Waals surface area contributed by atoms with Crippen LogP contribution in [0.1, 0.15) is 106 Å². The van der Waals surface area contributed by atoms with Crippen LogP contribution in [0.15, 0.2) is 41.5 Å². The summed E-state index contributed by atoms with van der Waals surface area (Å²) in [6, 6.07) is 6.66. The van der Waals surface area contributed by atoms with Gasteiger partial charge in [-0.05, 0) is 70.2 Å². The van der Waals surface area contributed by atoms with Crippen LogP contribution in [-0.2, 0) is 47.6 Å². The van der Waals surface area contributed by atoms with Crippen molar-refractivity contribution in [2.45, 2.75) is 155 Å². The summed E-state index contributed by atoms with van der Waals surface area (Å²) in [5.74, 6) is -6.31. The van der Waals surface area contributed by atoms with Gasteiger partial charge >= 0.3 is 30.0 Å². The van der Waals surface area contributed by atoms with Crippen molar-refractivity contribution < 1.29 is 72.5 Å². The highest BCUT2D eigenvalue weighted by atomic mass is 16.6. The molecule has 1 heterocycles. The van der Waals surface area contributed by atoms with Crippen LogP contribution in [0.5, 0.6) is 0 Å². The number of hydrogen-bond acceptors (Lipinski definition) is 15. The molecule has 2 saturated carbocycles. The second kappa shape index (κ2) is 16.2. The Kier molecular flexibility index (Phi) is 12.6. The fourth-order valence-corrected chi connectivity index (χ4v) is 9.63. The van der Waals surface area contributed by atoms with E-state index in [4.69, 9.17) is 28.4 Å². The molecule has 1 aromatic rings. The summed E-state index contributed by atoms with van der Waals surface area (Å²) in [4.78, 5) is 82.3. The van der Waals surface area contributed by atoms with Crippen molar-refractivity contribution >= 4 is 35.8 Å². The van der Waals surface area contributed by atoms with E-state index >= 15 is 4.79 Å². The molecule has 16 heteroatoms. The molecule has 16 nitrogen and oxygen atoms in total. The van der Waals surface area contributed by atoms with Gasteiger partial charge in [-0.1, -0.05) is 45.9 Å². The minimum Gasteiger partial charge on any atom is -0.456 e. The molecule has 4 aliphatic rings. The molecule has 4 N–H and O–H groups in total. The Balaban J connectivity index is 1.72. The predicted molar refractivity (Wildman–Crippen MR) is 207 cm³/mol. The lowest BCUT2D eigenvalue weighted by Gasteiger charge is -2.67. The summed E-state index contributed by atoms with van der Waals surface area (Å²) < 4.78 is 35.5. The van der Waals surface area contributed by atoms with Crippen molar-refractivity contribution in [2.75, 3.05) is 6.61 Å². The molecule has 326 valence electrons. The van der Waals surface area contributed by atoms with Crippen LogP contribution in [0.25, 0.3) is 0 Å². The van der Waals surface area contributed by atoms with Gasteiger partial charge in [0.2, 0.25) is 0 Å². The molecule has 1 amide bonds. The Morgan fingerprint density at radius 1 is 0.983 bits per heavy atom. The highest BCUT2D eigenvalue weighted by Crippen LogP contribution is 2.64. The van der Waals surface area contributed by atoms with Gasteiger partial charge < -0.3 is 49.1 Å². The number of nitrogens with one attached hydrogen (secondary N) is 1. The van der Waals surface area contributed by atoms with Crippen molar-refractivity contribution in [2.24, 2.45) is 22.7 Å². The van der Waals surface area contributed by atoms with Gasteiger partial charge in [0.1, 0.15) is 29.5 Å². The molecule has 2 bridgehead atoms. The van der Waals surface area contributed by atoms with Crippen molar-refractivity contribution in [1.82, 2.24) is 5.32 Å². The minimum absolute atomic E-state index is 0.00510. The highest BCUT2D eigenvalue weighted by Gasteiger charge is 2.78. The van der Waals surface area contributed by atoms with Crippen LogP contribution in [0.3, 0.4) is 0 Å². The van der Waals surface area contributed by atoms with Gasteiger partial charge in [-0.25, -0.2) is 14.4 Å². The molecule has 11 atom stereocenters. The number of ether oxygens (including phenoxy) is 6. The van der Waals surface area contributed by atoms with Crippen LogP contribution >= 0.6 is 0 Å². The summed E-state index contributed by atoms with van der Waals surface area (Å²) in [6.45, 7) is 16.6. The number of amides is 1. The Morgan fingerprint density at radius 3 is 2.14 bits per heavy atom. The molecule has 1 saturated heterocycles. The van der Waals surface area contributed by atoms with Crippen molar-refractivity contribution in [3.8, 4) is 0 Å². The molecule has 1 aliphatic heterocycles. The van der Waals surface area contributed by atoms with Crippen molar-refractivity contribution in [3.05, 3.63) is 47.0 Å². The normalized spacial score (nSPS) is 33.4. The maximum atomic E-state index is 15.4. The van der Waals surface area contributed by atoms with E-state index in [9.17, 15) is 39.3 Å². The van der Waals surface area contributed by atoms with Crippen LogP contribution in [0.4, 0.5) is 4.79 Å². The first kappa shape index (κ1) is 45.7. The maximum Gasteiger partial charge on any atom is 0.407 e. The van der Waals surface area contributed by atoms with E-state index in [1.165, 1.54) is 26.0 Å². The van der Waals surface area contributed by atoms with E-state index in [1.807, 2.05) is 13.8 Å². The molecule has 0 aromatic heterocycles. The summed E-state index contributed by atoms with van der Waals surface area (Å²) in [5, 5.41) is 39.6. The number of carbonyl (C=O) groups excluding carboxylic acids is 6. The number of aliphatic hydroxyl groups excluding tert-OH is 2. The number of rotatable bonds is 10. The Morgan fingerprint density at radius 2 is 1.61 bits per heavy atom. The molecular formula is C43H59NO15. The maximum absolute atomic E-state index is 15.4. The van der Waals surface area contributed by atoms with E-state index in [1.54, 1.807) is 52.8 Å². The van der Waals surface area contributed by atoms with Gasteiger partial charge in [0.25, 0.3) is 0 Å². The smallest absolute Gasteiger partial charge is 0.407 e. The fraction of sp³-hybridized carbons (Fsp3) is 0.674. The van der Waals surface area contributed by atoms with Crippen LogP contribution < -0.4 is 5.32 Å².